The molecule has 0 saturated carbocycles. The van der Waals surface area contributed by atoms with Crippen molar-refractivity contribution in [3.63, 3.8) is 0 Å². The van der Waals surface area contributed by atoms with Gasteiger partial charge < -0.3 is 16.0 Å². The van der Waals surface area contributed by atoms with Gasteiger partial charge in [0.2, 0.25) is 0 Å². The Kier molecular flexibility index (Phi) is 7.69. The van der Waals surface area contributed by atoms with Crippen LogP contribution in [0.15, 0.2) is 18.2 Å². The van der Waals surface area contributed by atoms with Crippen LogP contribution in [0.3, 0.4) is 0 Å². The minimum absolute atomic E-state index is 0. The maximum atomic E-state index is 11.1. The van der Waals surface area contributed by atoms with Gasteiger partial charge in [-0.05, 0) is 62.4 Å². The van der Waals surface area contributed by atoms with Gasteiger partial charge in [-0.2, -0.15) is 0 Å². The van der Waals surface area contributed by atoms with Crippen LogP contribution in [0, 0.1) is 0 Å². The summed E-state index contributed by atoms with van der Waals surface area (Å²) in [6, 6.07) is 6.28. The first-order chi connectivity index (χ1) is 10.2. The molecule has 1 atom stereocenters. The lowest BCUT2D eigenvalue weighted by Crippen LogP contribution is -2.40. The monoisotopic (exact) mass is 325 g/mol. The lowest BCUT2D eigenvalue weighted by atomic mass is 9.86. The van der Waals surface area contributed by atoms with Crippen LogP contribution in [0.25, 0.3) is 0 Å². The average Bonchev–Trinajstić information content (AvgIpc) is 2.46. The number of hydrogen-bond donors (Lipinski definition) is 2. The first kappa shape index (κ1) is 18.8. The predicted molar refractivity (Wildman–Crippen MR) is 94.9 cm³/mol. The van der Waals surface area contributed by atoms with E-state index >= 15 is 0 Å². The van der Waals surface area contributed by atoms with E-state index in [0.717, 1.165) is 24.9 Å². The van der Waals surface area contributed by atoms with Crippen molar-refractivity contribution in [1.82, 2.24) is 4.90 Å². The van der Waals surface area contributed by atoms with Crippen LogP contribution in [0.4, 0.5) is 10.5 Å². The van der Waals surface area contributed by atoms with E-state index in [1.165, 1.54) is 37.1 Å². The second kappa shape index (κ2) is 9.01. The number of nitrogens with two attached hydrogens (primary N) is 1. The number of fused-ring (bicyclic) bond motifs is 1. The zero-order valence-corrected chi connectivity index (χ0v) is 14.4. The summed E-state index contributed by atoms with van der Waals surface area (Å²) in [5, 5.41) is 2.75. The Morgan fingerprint density at radius 1 is 1.32 bits per heavy atom. The second-order valence-corrected chi connectivity index (χ2v) is 5.87. The van der Waals surface area contributed by atoms with Crippen LogP contribution in [-0.4, -0.2) is 30.1 Å². The fourth-order valence-electron chi connectivity index (χ4n) is 3.40. The van der Waals surface area contributed by atoms with Crippen LogP contribution in [0.5, 0.6) is 0 Å². The van der Waals surface area contributed by atoms with Gasteiger partial charge in [0, 0.05) is 11.7 Å². The Bertz CT molecular complexity index is 487. The molecule has 1 aliphatic carbocycles. The number of nitrogens with one attached hydrogen (secondary N) is 1. The molecule has 1 unspecified atom stereocenters. The number of benzene rings is 1. The Balaban J connectivity index is 0.00000242. The number of rotatable bonds is 6. The third kappa shape index (κ3) is 4.62. The van der Waals surface area contributed by atoms with Crippen LogP contribution >= 0.6 is 12.4 Å². The van der Waals surface area contributed by atoms with E-state index in [-0.39, 0.29) is 12.4 Å². The molecule has 0 spiro atoms. The fourth-order valence-corrected chi connectivity index (χ4v) is 3.40. The zero-order valence-electron chi connectivity index (χ0n) is 13.6. The molecule has 0 aliphatic heterocycles. The Morgan fingerprint density at radius 3 is 2.59 bits per heavy atom. The number of amides is 2. The highest BCUT2D eigenvalue weighted by Crippen LogP contribution is 2.30. The van der Waals surface area contributed by atoms with Crippen molar-refractivity contribution in [2.75, 3.05) is 18.4 Å². The molecular weight excluding hydrogens is 298 g/mol. The van der Waals surface area contributed by atoms with E-state index in [9.17, 15) is 4.79 Å². The lowest BCUT2D eigenvalue weighted by molar-refractivity contribution is 0.180. The molecule has 2 amide bonds. The highest BCUT2D eigenvalue weighted by molar-refractivity contribution is 5.89. The molecule has 0 fully saturated rings. The summed E-state index contributed by atoms with van der Waals surface area (Å²) < 4.78 is 0. The predicted octanol–water partition coefficient (Wildman–Crippen LogP) is 3.58. The van der Waals surface area contributed by atoms with Crippen molar-refractivity contribution in [1.29, 1.82) is 0 Å². The van der Waals surface area contributed by atoms with Gasteiger partial charge in [0.25, 0.3) is 0 Å². The van der Waals surface area contributed by atoms with Gasteiger partial charge in [-0.15, -0.1) is 12.4 Å². The van der Waals surface area contributed by atoms with Crippen LogP contribution in [0.2, 0.25) is 0 Å². The summed E-state index contributed by atoms with van der Waals surface area (Å²) in [5.74, 6) is 0. The Morgan fingerprint density at radius 2 is 2.00 bits per heavy atom. The van der Waals surface area contributed by atoms with E-state index in [1.807, 2.05) is 12.1 Å². The van der Waals surface area contributed by atoms with E-state index in [2.05, 4.69) is 30.1 Å². The van der Waals surface area contributed by atoms with E-state index < -0.39 is 6.03 Å². The molecule has 5 heteroatoms. The van der Waals surface area contributed by atoms with Crippen molar-refractivity contribution in [2.45, 2.75) is 52.0 Å². The summed E-state index contributed by atoms with van der Waals surface area (Å²) in [6.45, 7) is 6.84. The minimum atomic E-state index is -0.482. The topological polar surface area (TPSA) is 58.4 Å². The molecule has 0 aromatic heterocycles. The fraction of sp³-hybridized carbons (Fsp3) is 0.588. The first-order valence-corrected chi connectivity index (χ1v) is 8.07. The highest BCUT2D eigenvalue weighted by atomic mass is 35.5. The van der Waals surface area contributed by atoms with Crippen molar-refractivity contribution >= 4 is 24.1 Å². The molecule has 4 nitrogen and oxygen atoms in total. The zero-order chi connectivity index (χ0) is 15.2. The smallest absolute Gasteiger partial charge is 0.316 e. The number of halogens is 1. The van der Waals surface area contributed by atoms with Crippen LogP contribution < -0.4 is 11.1 Å². The molecule has 1 aromatic rings. The largest absolute Gasteiger partial charge is 0.351 e. The Labute approximate surface area is 139 Å². The van der Waals surface area contributed by atoms with Gasteiger partial charge in [-0.1, -0.05) is 26.0 Å². The maximum Gasteiger partial charge on any atom is 0.316 e. The van der Waals surface area contributed by atoms with Gasteiger partial charge in [-0.25, -0.2) is 4.79 Å². The van der Waals surface area contributed by atoms with Gasteiger partial charge in [0.05, 0.1) is 0 Å². The molecule has 1 aromatic carbocycles. The molecule has 3 N–H and O–H groups in total. The number of urea groups is 1. The van der Waals surface area contributed by atoms with Crippen LogP contribution in [-0.2, 0) is 12.8 Å². The SMILES string of the molecule is CCCN(CCC)C1CCc2c(cccc2NC(N)=O)C1.Cl. The summed E-state index contributed by atoms with van der Waals surface area (Å²) in [6.07, 6.45) is 5.65. The standard InChI is InChI=1S/C17H27N3O.ClH/c1-3-10-20(11-4-2)14-8-9-15-13(12-14)6-5-7-16(15)19-17(18)21;/h5-7,14H,3-4,8-12H2,1-2H3,(H3,18,19,21);1H. The summed E-state index contributed by atoms with van der Waals surface area (Å²) >= 11 is 0. The summed E-state index contributed by atoms with van der Waals surface area (Å²) in [5.41, 5.74) is 8.76. The molecule has 124 valence electrons. The van der Waals surface area contributed by atoms with E-state index in [1.54, 1.807) is 0 Å². The van der Waals surface area contributed by atoms with Crippen molar-refractivity contribution < 1.29 is 4.79 Å². The normalized spacial score (nSPS) is 16.8. The molecule has 1 aliphatic rings. The number of nitrogens with zero attached hydrogens (tertiary/aromatic N) is 1. The molecule has 0 saturated heterocycles. The number of hydrogen-bond acceptors (Lipinski definition) is 2. The molecule has 0 heterocycles. The number of carbonyl (C=O) groups excluding carboxylic acids is 1. The molecule has 22 heavy (non-hydrogen) atoms. The lowest BCUT2D eigenvalue weighted by Gasteiger charge is -2.35. The first-order valence-electron chi connectivity index (χ1n) is 8.07. The molecule has 0 bridgehead atoms. The molecule has 0 radical (unpaired) electrons. The van der Waals surface area contributed by atoms with Crippen molar-refractivity contribution in [3.8, 4) is 0 Å². The minimum Gasteiger partial charge on any atom is -0.351 e. The van der Waals surface area contributed by atoms with Gasteiger partial charge >= 0.3 is 6.03 Å². The highest BCUT2D eigenvalue weighted by Gasteiger charge is 2.24. The van der Waals surface area contributed by atoms with Crippen LogP contribution in [0.1, 0.15) is 44.2 Å². The molecule has 2 rings (SSSR count). The van der Waals surface area contributed by atoms with E-state index in [0.29, 0.717) is 6.04 Å². The van der Waals surface area contributed by atoms with E-state index in [4.69, 9.17) is 5.73 Å². The van der Waals surface area contributed by atoms with Gasteiger partial charge in [0.15, 0.2) is 0 Å². The number of primary amides is 1. The van der Waals surface area contributed by atoms with Crippen molar-refractivity contribution in [3.05, 3.63) is 29.3 Å². The third-order valence-electron chi connectivity index (χ3n) is 4.25. The Hall–Kier alpha value is -1.26. The summed E-state index contributed by atoms with van der Waals surface area (Å²) in [4.78, 5) is 13.7. The number of anilines is 1. The third-order valence-corrected chi connectivity index (χ3v) is 4.25. The van der Waals surface area contributed by atoms with Gasteiger partial charge in [-0.3, -0.25) is 0 Å². The molecular formula is C17H28ClN3O. The summed E-state index contributed by atoms with van der Waals surface area (Å²) in [7, 11) is 0. The quantitative estimate of drug-likeness (QED) is 0.840. The van der Waals surface area contributed by atoms with Gasteiger partial charge in [0.1, 0.15) is 0 Å². The average molecular weight is 326 g/mol. The maximum absolute atomic E-state index is 11.1. The number of carbonyl (C=O) groups is 1. The second-order valence-electron chi connectivity index (χ2n) is 5.87. The van der Waals surface area contributed by atoms with Crippen molar-refractivity contribution in [2.24, 2.45) is 5.73 Å².